The van der Waals surface area contributed by atoms with Crippen molar-refractivity contribution in [3.63, 3.8) is 0 Å². The van der Waals surface area contributed by atoms with E-state index in [1.807, 2.05) is 39.8 Å². The number of hydrogen-bond acceptors (Lipinski definition) is 3. The first-order chi connectivity index (χ1) is 8.02. The topological polar surface area (TPSA) is 54.0 Å². The summed E-state index contributed by atoms with van der Waals surface area (Å²) in [6, 6.07) is 3.99. The minimum absolute atomic E-state index is 0.0206. The molecular formula is C13H21N3O. The van der Waals surface area contributed by atoms with E-state index in [0.717, 1.165) is 23.6 Å². The molecule has 1 amide bonds. The normalized spacial score (nSPS) is 12.2. The average molecular weight is 235 g/mol. The van der Waals surface area contributed by atoms with Crippen LogP contribution >= 0.6 is 0 Å². The molecule has 2 N–H and O–H groups in total. The van der Waals surface area contributed by atoms with E-state index in [-0.39, 0.29) is 11.9 Å². The van der Waals surface area contributed by atoms with E-state index in [1.54, 1.807) is 0 Å². The maximum Gasteiger partial charge on any atom is 0.225 e. The summed E-state index contributed by atoms with van der Waals surface area (Å²) in [6.45, 7) is 8.74. The van der Waals surface area contributed by atoms with Crippen molar-refractivity contribution in [2.45, 2.75) is 40.2 Å². The van der Waals surface area contributed by atoms with Crippen molar-refractivity contribution < 1.29 is 4.79 Å². The highest BCUT2D eigenvalue weighted by atomic mass is 16.1. The monoisotopic (exact) mass is 235 g/mol. The zero-order chi connectivity index (χ0) is 12.8. The van der Waals surface area contributed by atoms with E-state index < -0.39 is 0 Å². The predicted molar refractivity (Wildman–Crippen MR) is 70.1 cm³/mol. The minimum Gasteiger partial charge on any atom is -0.324 e. The van der Waals surface area contributed by atoms with Gasteiger partial charge in [-0.1, -0.05) is 6.92 Å². The van der Waals surface area contributed by atoms with Crippen molar-refractivity contribution in [1.82, 2.24) is 10.3 Å². The summed E-state index contributed by atoms with van der Waals surface area (Å²) in [6.07, 6.45) is 0.473. The molecule has 4 heteroatoms. The van der Waals surface area contributed by atoms with Gasteiger partial charge >= 0.3 is 0 Å². The average Bonchev–Trinajstić information content (AvgIpc) is 2.22. The Morgan fingerprint density at radius 1 is 1.41 bits per heavy atom. The van der Waals surface area contributed by atoms with Gasteiger partial charge in [-0.3, -0.25) is 9.78 Å². The van der Waals surface area contributed by atoms with Gasteiger partial charge in [0.15, 0.2) is 0 Å². The van der Waals surface area contributed by atoms with Gasteiger partial charge in [-0.05, 0) is 39.4 Å². The van der Waals surface area contributed by atoms with Crippen LogP contribution in [0.15, 0.2) is 12.1 Å². The number of nitrogens with one attached hydrogen (secondary N) is 2. The first kappa shape index (κ1) is 13.6. The number of carbonyl (C=O) groups excluding carboxylic acids is 1. The first-order valence-electron chi connectivity index (χ1n) is 6.00. The molecule has 17 heavy (non-hydrogen) atoms. The van der Waals surface area contributed by atoms with Crippen molar-refractivity contribution in [2.24, 2.45) is 0 Å². The number of carbonyl (C=O) groups is 1. The highest BCUT2D eigenvalue weighted by Gasteiger charge is 2.09. The molecule has 1 aromatic rings. The van der Waals surface area contributed by atoms with E-state index in [4.69, 9.17) is 0 Å². The summed E-state index contributed by atoms with van der Waals surface area (Å²) >= 11 is 0. The van der Waals surface area contributed by atoms with Crippen LogP contribution in [0.5, 0.6) is 0 Å². The Morgan fingerprint density at radius 3 is 2.71 bits per heavy atom. The number of anilines is 1. The van der Waals surface area contributed by atoms with Crippen LogP contribution in [0.3, 0.4) is 0 Å². The molecule has 0 aliphatic rings. The Labute approximate surface area is 103 Å². The minimum atomic E-state index is 0.0206. The summed E-state index contributed by atoms with van der Waals surface area (Å²) in [5, 5.41) is 6.09. The van der Waals surface area contributed by atoms with Crippen LogP contribution in [-0.2, 0) is 4.79 Å². The number of aromatic nitrogens is 1. The number of aryl methyl sites for hydroxylation is 2. The van der Waals surface area contributed by atoms with Crippen LogP contribution in [0.1, 0.15) is 31.7 Å². The van der Waals surface area contributed by atoms with Crippen LogP contribution < -0.4 is 10.6 Å². The van der Waals surface area contributed by atoms with E-state index in [1.165, 1.54) is 0 Å². The highest BCUT2D eigenvalue weighted by Crippen LogP contribution is 2.12. The van der Waals surface area contributed by atoms with E-state index in [9.17, 15) is 4.79 Å². The van der Waals surface area contributed by atoms with Gasteiger partial charge < -0.3 is 10.6 Å². The molecule has 1 unspecified atom stereocenters. The molecule has 0 bridgehead atoms. The van der Waals surface area contributed by atoms with Gasteiger partial charge in [-0.15, -0.1) is 0 Å². The Balaban J connectivity index is 2.56. The standard InChI is InChI=1S/C13H21N3O/c1-5-14-10(3)8-13(17)16-12-7-6-9(2)15-11(12)4/h6-7,10,14H,5,8H2,1-4H3,(H,16,17). The second-order valence-electron chi connectivity index (χ2n) is 4.30. The maximum atomic E-state index is 11.8. The van der Waals surface area contributed by atoms with Gasteiger partial charge in [0, 0.05) is 18.2 Å². The zero-order valence-electron chi connectivity index (χ0n) is 11.0. The summed E-state index contributed by atoms with van der Waals surface area (Å²) in [7, 11) is 0. The fourth-order valence-electron chi connectivity index (χ4n) is 1.72. The smallest absolute Gasteiger partial charge is 0.225 e. The molecule has 0 fully saturated rings. The molecule has 1 heterocycles. The Bertz CT molecular complexity index is 390. The van der Waals surface area contributed by atoms with Crippen LogP contribution in [0.4, 0.5) is 5.69 Å². The molecule has 0 spiro atoms. The van der Waals surface area contributed by atoms with E-state index >= 15 is 0 Å². The lowest BCUT2D eigenvalue weighted by Crippen LogP contribution is -2.30. The molecule has 0 aliphatic carbocycles. The van der Waals surface area contributed by atoms with Crippen molar-refractivity contribution in [1.29, 1.82) is 0 Å². The van der Waals surface area contributed by atoms with Gasteiger partial charge in [0.1, 0.15) is 0 Å². The van der Waals surface area contributed by atoms with Gasteiger partial charge in [-0.25, -0.2) is 0 Å². The van der Waals surface area contributed by atoms with Crippen molar-refractivity contribution in [3.8, 4) is 0 Å². The Hall–Kier alpha value is -1.42. The molecule has 1 atom stereocenters. The number of rotatable bonds is 5. The highest BCUT2D eigenvalue weighted by molar-refractivity contribution is 5.91. The molecule has 1 aromatic heterocycles. The van der Waals surface area contributed by atoms with Gasteiger partial charge in [0.2, 0.25) is 5.91 Å². The number of hydrogen-bond donors (Lipinski definition) is 2. The summed E-state index contributed by atoms with van der Waals surface area (Å²) in [4.78, 5) is 16.1. The number of pyridine rings is 1. The zero-order valence-corrected chi connectivity index (χ0v) is 11.0. The van der Waals surface area contributed by atoms with Gasteiger partial charge in [0.05, 0.1) is 11.4 Å². The molecule has 94 valence electrons. The molecule has 0 radical (unpaired) electrons. The molecule has 1 rings (SSSR count). The van der Waals surface area contributed by atoms with Gasteiger partial charge in [-0.2, -0.15) is 0 Å². The SMILES string of the molecule is CCNC(C)CC(=O)Nc1ccc(C)nc1C. The molecule has 0 saturated heterocycles. The molecular weight excluding hydrogens is 214 g/mol. The summed E-state index contributed by atoms with van der Waals surface area (Å²) < 4.78 is 0. The van der Waals surface area contributed by atoms with Crippen molar-refractivity contribution in [2.75, 3.05) is 11.9 Å². The third-order valence-corrected chi connectivity index (χ3v) is 2.54. The summed E-state index contributed by atoms with van der Waals surface area (Å²) in [5.41, 5.74) is 2.61. The number of nitrogens with zero attached hydrogens (tertiary/aromatic N) is 1. The fourth-order valence-corrected chi connectivity index (χ4v) is 1.72. The van der Waals surface area contributed by atoms with Crippen molar-refractivity contribution in [3.05, 3.63) is 23.5 Å². The van der Waals surface area contributed by atoms with Crippen LogP contribution in [0.25, 0.3) is 0 Å². The summed E-state index contributed by atoms with van der Waals surface area (Å²) in [5.74, 6) is 0.0206. The first-order valence-corrected chi connectivity index (χ1v) is 6.00. The molecule has 0 aromatic carbocycles. The third-order valence-electron chi connectivity index (χ3n) is 2.54. The van der Waals surface area contributed by atoms with E-state index in [2.05, 4.69) is 15.6 Å². The van der Waals surface area contributed by atoms with Crippen molar-refractivity contribution >= 4 is 11.6 Å². The Morgan fingerprint density at radius 2 is 2.12 bits per heavy atom. The third kappa shape index (κ3) is 4.53. The second kappa shape index (κ2) is 6.35. The lowest BCUT2D eigenvalue weighted by molar-refractivity contribution is -0.116. The predicted octanol–water partition coefficient (Wildman–Crippen LogP) is 2.03. The lowest BCUT2D eigenvalue weighted by Gasteiger charge is -2.13. The largest absolute Gasteiger partial charge is 0.324 e. The lowest BCUT2D eigenvalue weighted by atomic mass is 10.2. The van der Waals surface area contributed by atoms with E-state index in [0.29, 0.717) is 6.42 Å². The molecule has 4 nitrogen and oxygen atoms in total. The van der Waals surface area contributed by atoms with Crippen LogP contribution in [0.2, 0.25) is 0 Å². The quantitative estimate of drug-likeness (QED) is 0.821. The number of amides is 1. The second-order valence-corrected chi connectivity index (χ2v) is 4.30. The van der Waals surface area contributed by atoms with Gasteiger partial charge in [0.25, 0.3) is 0 Å². The van der Waals surface area contributed by atoms with Crippen LogP contribution in [-0.4, -0.2) is 23.5 Å². The fraction of sp³-hybridized carbons (Fsp3) is 0.538. The van der Waals surface area contributed by atoms with Crippen LogP contribution in [0, 0.1) is 13.8 Å². The molecule has 0 saturated carbocycles. The Kier molecular flexibility index (Phi) is 5.10. The maximum absolute atomic E-state index is 11.8. The molecule has 0 aliphatic heterocycles.